The number of rotatable bonds is 4. The van der Waals surface area contributed by atoms with Crippen molar-refractivity contribution in [3.05, 3.63) is 29.8 Å². The summed E-state index contributed by atoms with van der Waals surface area (Å²) < 4.78 is 10.7. The maximum atomic E-state index is 11.3. The van der Waals surface area contributed by atoms with Crippen LogP contribution in [0.3, 0.4) is 0 Å². The second-order valence-electron chi connectivity index (χ2n) is 3.27. The summed E-state index contributed by atoms with van der Waals surface area (Å²) in [6, 6.07) is 6.77. The summed E-state index contributed by atoms with van der Waals surface area (Å²) in [5, 5.41) is 4.03. The molecule has 0 fully saturated rings. The molecule has 3 N–H and O–H groups in total. The molecule has 1 rings (SSSR count). The Morgan fingerprint density at radius 2 is 1.94 bits per heavy atom. The van der Waals surface area contributed by atoms with Gasteiger partial charge in [-0.05, 0) is 38.1 Å². The highest BCUT2D eigenvalue weighted by atomic mass is 32.2. The van der Waals surface area contributed by atoms with E-state index in [1.54, 1.807) is 24.3 Å². The van der Waals surface area contributed by atoms with Crippen molar-refractivity contribution >= 4 is 29.5 Å². The van der Waals surface area contributed by atoms with E-state index >= 15 is 0 Å². The van der Waals surface area contributed by atoms with Gasteiger partial charge in [-0.3, -0.25) is 14.9 Å². The second kappa shape index (κ2) is 6.14. The van der Waals surface area contributed by atoms with Gasteiger partial charge >= 0.3 is 0 Å². The summed E-state index contributed by atoms with van der Waals surface area (Å²) >= 11 is 0.286. The summed E-state index contributed by atoms with van der Waals surface area (Å²) in [7, 11) is 0. The molecule has 0 radical (unpaired) electrons. The van der Waals surface area contributed by atoms with Crippen LogP contribution in [-0.4, -0.2) is 16.2 Å². The van der Waals surface area contributed by atoms with Crippen LogP contribution in [0.15, 0.2) is 29.4 Å². The van der Waals surface area contributed by atoms with Crippen LogP contribution in [0.4, 0.5) is 5.69 Å². The lowest BCUT2D eigenvalue weighted by Gasteiger charge is -2.03. The van der Waals surface area contributed by atoms with Crippen LogP contribution < -0.4 is 10.1 Å². The first kappa shape index (κ1) is 12.5. The number of anilines is 1. The molecule has 86 valence electrons. The maximum absolute atomic E-state index is 11.3. The smallest absolute Gasteiger partial charge is 0.262 e. The molecule has 0 aliphatic carbocycles. The molecule has 0 aliphatic heterocycles. The molecule has 0 bridgehead atoms. The quantitative estimate of drug-likeness (QED) is 0.326. The molecular formula is C10H13N3O2S. The molecular weight excluding hydrogens is 226 g/mol. The highest BCUT2D eigenvalue weighted by Gasteiger charge is 2.03. The topological polar surface area (TPSA) is 73.7 Å². The number of nitrogens with one attached hydrogen (secondary N) is 2. The van der Waals surface area contributed by atoms with E-state index in [1.807, 2.05) is 13.8 Å². The number of hydrogen-bond donors (Lipinski definition) is 3. The normalized spacial score (nSPS) is 9.44. The van der Waals surface area contributed by atoms with Crippen molar-refractivity contribution in [3.8, 4) is 0 Å². The lowest BCUT2D eigenvalue weighted by Crippen LogP contribution is -2.14. The van der Waals surface area contributed by atoms with E-state index in [0.717, 1.165) is 11.4 Å². The summed E-state index contributed by atoms with van der Waals surface area (Å²) in [6.07, 6.45) is 0. The number of hydrogen-bond acceptors (Lipinski definition) is 5. The van der Waals surface area contributed by atoms with E-state index in [-0.39, 0.29) is 18.1 Å². The van der Waals surface area contributed by atoms with Gasteiger partial charge in [-0.15, -0.1) is 0 Å². The van der Waals surface area contributed by atoms with E-state index in [2.05, 4.69) is 15.2 Å². The van der Waals surface area contributed by atoms with E-state index < -0.39 is 0 Å². The SMILES string of the molecule is CC(C)=NNc1ccc(C(=O)NSO)cc1. The number of benzene rings is 1. The molecule has 0 atom stereocenters. The molecule has 5 nitrogen and oxygen atoms in total. The van der Waals surface area contributed by atoms with E-state index in [9.17, 15) is 4.79 Å². The third-order valence-corrected chi connectivity index (χ3v) is 1.97. The van der Waals surface area contributed by atoms with Crippen LogP contribution in [-0.2, 0) is 0 Å². The first-order chi connectivity index (χ1) is 7.63. The van der Waals surface area contributed by atoms with Gasteiger partial charge in [-0.1, -0.05) is 0 Å². The maximum Gasteiger partial charge on any atom is 0.262 e. The Hall–Kier alpha value is -1.53. The van der Waals surface area contributed by atoms with Crippen molar-refractivity contribution in [1.29, 1.82) is 0 Å². The van der Waals surface area contributed by atoms with Gasteiger partial charge in [-0.2, -0.15) is 5.10 Å². The van der Waals surface area contributed by atoms with Crippen molar-refractivity contribution in [1.82, 2.24) is 4.72 Å². The molecule has 0 unspecified atom stereocenters. The van der Waals surface area contributed by atoms with Crippen LogP contribution in [0.5, 0.6) is 0 Å². The molecule has 16 heavy (non-hydrogen) atoms. The van der Waals surface area contributed by atoms with Crippen LogP contribution in [0.25, 0.3) is 0 Å². The molecule has 0 saturated carbocycles. The van der Waals surface area contributed by atoms with Crippen molar-refractivity contribution in [2.45, 2.75) is 13.8 Å². The number of hydrazone groups is 1. The van der Waals surface area contributed by atoms with Crippen molar-refractivity contribution in [2.24, 2.45) is 5.10 Å². The lowest BCUT2D eigenvalue weighted by molar-refractivity contribution is 0.0983. The first-order valence-corrected chi connectivity index (χ1v) is 5.38. The zero-order valence-electron chi connectivity index (χ0n) is 9.02. The highest BCUT2D eigenvalue weighted by molar-refractivity contribution is 7.92. The minimum absolute atomic E-state index is 0.286. The summed E-state index contributed by atoms with van der Waals surface area (Å²) in [6.45, 7) is 3.76. The third-order valence-electron chi connectivity index (χ3n) is 1.69. The summed E-state index contributed by atoms with van der Waals surface area (Å²) in [5.41, 5.74) is 5.04. The second-order valence-corrected chi connectivity index (χ2v) is 3.66. The fraction of sp³-hybridized carbons (Fsp3) is 0.200. The Balaban J connectivity index is 2.68. The third kappa shape index (κ3) is 3.92. The average molecular weight is 239 g/mol. The van der Waals surface area contributed by atoms with E-state index in [0.29, 0.717) is 5.56 Å². The van der Waals surface area contributed by atoms with Gasteiger partial charge in [0.15, 0.2) is 0 Å². The van der Waals surface area contributed by atoms with Crippen LogP contribution in [0, 0.1) is 0 Å². The Morgan fingerprint density at radius 1 is 1.31 bits per heavy atom. The Kier molecular flexibility index (Phi) is 4.81. The lowest BCUT2D eigenvalue weighted by atomic mass is 10.2. The molecule has 0 heterocycles. The van der Waals surface area contributed by atoms with Crippen molar-refractivity contribution < 1.29 is 9.35 Å². The standard InChI is InChI=1S/C10H13N3O2S/c1-7(2)11-12-9-5-3-8(4-6-9)10(14)13-16-15/h3-6,12,15H,1-2H3,(H,13,14). The Labute approximate surface area is 98.3 Å². The zero-order chi connectivity index (χ0) is 12.0. The van der Waals surface area contributed by atoms with Gasteiger partial charge in [0.05, 0.1) is 5.69 Å². The minimum Gasteiger partial charge on any atom is -0.312 e. The van der Waals surface area contributed by atoms with Gasteiger partial charge in [0.25, 0.3) is 5.91 Å². The zero-order valence-corrected chi connectivity index (χ0v) is 9.84. The molecule has 0 aromatic heterocycles. The fourth-order valence-corrected chi connectivity index (χ4v) is 1.17. The fourth-order valence-electron chi connectivity index (χ4n) is 0.973. The Bertz CT molecular complexity index is 386. The van der Waals surface area contributed by atoms with Gasteiger partial charge < -0.3 is 4.55 Å². The number of carbonyl (C=O) groups is 1. The van der Waals surface area contributed by atoms with Gasteiger partial charge in [0.1, 0.15) is 12.2 Å². The van der Waals surface area contributed by atoms with Crippen LogP contribution in [0.2, 0.25) is 0 Å². The minimum atomic E-state index is -0.339. The predicted octanol–water partition coefficient (Wildman–Crippen LogP) is 2.35. The van der Waals surface area contributed by atoms with Crippen molar-refractivity contribution in [2.75, 3.05) is 5.43 Å². The Morgan fingerprint density at radius 3 is 2.44 bits per heavy atom. The predicted molar refractivity (Wildman–Crippen MR) is 66.5 cm³/mol. The number of amides is 1. The highest BCUT2D eigenvalue weighted by Crippen LogP contribution is 2.10. The molecule has 6 heteroatoms. The van der Waals surface area contributed by atoms with Gasteiger partial charge in [-0.25, -0.2) is 0 Å². The van der Waals surface area contributed by atoms with Gasteiger partial charge in [0.2, 0.25) is 0 Å². The number of carbonyl (C=O) groups excluding carboxylic acids is 1. The van der Waals surface area contributed by atoms with Gasteiger partial charge in [0, 0.05) is 11.3 Å². The molecule has 0 saturated heterocycles. The summed E-state index contributed by atoms with van der Waals surface area (Å²) in [5.74, 6) is -0.339. The summed E-state index contributed by atoms with van der Waals surface area (Å²) in [4.78, 5) is 11.3. The van der Waals surface area contributed by atoms with E-state index in [1.165, 1.54) is 0 Å². The molecule has 0 spiro atoms. The largest absolute Gasteiger partial charge is 0.312 e. The molecule has 0 aliphatic rings. The van der Waals surface area contributed by atoms with E-state index in [4.69, 9.17) is 4.55 Å². The molecule has 1 aromatic carbocycles. The first-order valence-electron chi connectivity index (χ1n) is 4.61. The monoisotopic (exact) mass is 239 g/mol. The van der Waals surface area contributed by atoms with Crippen LogP contribution in [0.1, 0.15) is 24.2 Å². The average Bonchev–Trinajstić information content (AvgIpc) is 2.27. The van der Waals surface area contributed by atoms with Crippen LogP contribution >= 0.6 is 12.2 Å². The molecule has 1 amide bonds. The van der Waals surface area contributed by atoms with Crippen molar-refractivity contribution in [3.63, 3.8) is 0 Å². The number of nitrogens with zero attached hydrogens (tertiary/aromatic N) is 1. The molecule has 1 aromatic rings.